The molecule has 0 spiro atoms. The number of fused-ring (bicyclic) bond motifs is 2. The minimum Gasteiger partial charge on any atom is -0.276 e. The second-order valence-corrected chi connectivity index (χ2v) is 8.11. The van der Waals surface area contributed by atoms with E-state index in [0.717, 1.165) is 40.0 Å². The number of rotatable bonds is 3. The highest BCUT2D eigenvalue weighted by Gasteiger charge is 2.21. The average Bonchev–Trinajstić information content (AvgIpc) is 2.88. The molecule has 0 radical (unpaired) electrons. The predicted molar refractivity (Wildman–Crippen MR) is 132 cm³/mol. The number of hydrogen-bond acceptors (Lipinski definition) is 3. The number of pyridine rings is 2. The molecule has 1 atom stereocenters. The first-order valence-electron chi connectivity index (χ1n) is 10.9. The quantitative estimate of drug-likeness (QED) is 0.389. The summed E-state index contributed by atoms with van der Waals surface area (Å²) in [5.41, 5.74) is 8.69. The van der Waals surface area contributed by atoms with Crippen LogP contribution < -0.4 is 0 Å². The van der Waals surface area contributed by atoms with Gasteiger partial charge in [0.25, 0.3) is 0 Å². The van der Waals surface area contributed by atoms with Gasteiger partial charge in [-0.15, -0.1) is 0 Å². The van der Waals surface area contributed by atoms with Gasteiger partial charge in [-0.3, -0.25) is 9.98 Å². The van der Waals surface area contributed by atoms with E-state index in [0.29, 0.717) is 0 Å². The maximum Gasteiger partial charge on any atom is 0.0893 e. The van der Waals surface area contributed by atoms with Crippen LogP contribution in [-0.4, -0.2) is 21.7 Å². The first kappa shape index (κ1) is 18.6. The Kier molecular flexibility index (Phi) is 4.58. The molecular formula is C29H21N3. The van der Waals surface area contributed by atoms with E-state index in [9.17, 15) is 0 Å². The Morgan fingerprint density at radius 3 is 2.47 bits per heavy atom. The number of nitrogens with zero attached hydrogens (tertiary/aromatic N) is 3. The summed E-state index contributed by atoms with van der Waals surface area (Å²) in [6, 6.07) is 27.1. The minimum atomic E-state index is 0.152. The van der Waals surface area contributed by atoms with Crippen LogP contribution in [0.3, 0.4) is 0 Å². The van der Waals surface area contributed by atoms with Crippen LogP contribution in [0.5, 0.6) is 0 Å². The summed E-state index contributed by atoms with van der Waals surface area (Å²) in [7, 11) is 0. The van der Waals surface area contributed by atoms with Crippen LogP contribution in [-0.2, 0) is 0 Å². The van der Waals surface area contributed by atoms with Crippen molar-refractivity contribution in [3.8, 4) is 11.4 Å². The fourth-order valence-electron chi connectivity index (χ4n) is 4.35. The van der Waals surface area contributed by atoms with Gasteiger partial charge in [-0.2, -0.15) is 0 Å². The van der Waals surface area contributed by atoms with Crippen molar-refractivity contribution in [2.45, 2.75) is 12.5 Å². The molecule has 6 rings (SSSR count). The zero-order valence-corrected chi connectivity index (χ0v) is 17.5. The van der Waals surface area contributed by atoms with E-state index in [4.69, 9.17) is 9.98 Å². The summed E-state index contributed by atoms with van der Waals surface area (Å²) in [4.78, 5) is 14.4. The van der Waals surface area contributed by atoms with Crippen LogP contribution >= 0.6 is 0 Å². The lowest BCUT2D eigenvalue weighted by Gasteiger charge is -2.24. The normalized spacial score (nSPS) is 17.4. The van der Waals surface area contributed by atoms with Gasteiger partial charge < -0.3 is 0 Å². The van der Waals surface area contributed by atoms with Crippen molar-refractivity contribution in [1.82, 2.24) is 9.97 Å². The standard InChI is InChI=1S/C29H21N3/c1-2-6-20(7-3-1)23-11-9-21-13-15-25(31-28(21)18-23)24-12-10-22-14-16-27(32-29(22)19-24)26-8-4-5-17-30-26/h1-17,19,28H,18H2. The van der Waals surface area contributed by atoms with Crippen molar-refractivity contribution in [2.24, 2.45) is 4.99 Å². The van der Waals surface area contributed by atoms with E-state index in [1.165, 1.54) is 16.7 Å². The molecule has 32 heavy (non-hydrogen) atoms. The Morgan fingerprint density at radius 2 is 1.59 bits per heavy atom. The molecule has 3 nitrogen and oxygen atoms in total. The number of allylic oxidation sites excluding steroid dienone is 3. The van der Waals surface area contributed by atoms with Gasteiger partial charge >= 0.3 is 0 Å². The molecule has 2 aromatic heterocycles. The van der Waals surface area contributed by atoms with Gasteiger partial charge in [0.15, 0.2) is 0 Å². The molecule has 0 saturated carbocycles. The second kappa shape index (κ2) is 7.86. The molecule has 0 amide bonds. The molecule has 2 aliphatic rings. The van der Waals surface area contributed by atoms with Crippen molar-refractivity contribution in [2.75, 3.05) is 0 Å². The van der Waals surface area contributed by atoms with Crippen LogP contribution in [0.2, 0.25) is 0 Å². The monoisotopic (exact) mass is 411 g/mol. The van der Waals surface area contributed by atoms with Crippen molar-refractivity contribution in [1.29, 1.82) is 0 Å². The highest BCUT2D eigenvalue weighted by molar-refractivity contribution is 6.11. The van der Waals surface area contributed by atoms with Gasteiger partial charge in [0.05, 0.1) is 28.7 Å². The lowest BCUT2D eigenvalue weighted by molar-refractivity contribution is 0.802. The molecule has 1 aliphatic heterocycles. The third-order valence-corrected chi connectivity index (χ3v) is 6.06. The molecule has 3 heteroatoms. The molecule has 0 saturated heterocycles. The SMILES string of the molecule is C1=CC(c2ccc3ccc(-c4ccccn4)nc3c2)=NC2CC(c3ccccc3)=CC=C12. The molecule has 0 bridgehead atoms. The molecular weight excluding hydrogens is 390 g/mol. The fourth-order valence-corrected chi connectivity index (χ4v) is 4.35. The average molecular weight is 412 g/mol. The Bertz CT molecular complexity index is 1430. The van der Waals surface area contributed by atoms with Gasteiger partial charge in [0, 0.05) is 17.1 Å². The molecule has 1 unspecified atom stereocenters. The Morgan fingerprint density at radius 1 is 0.719 bits per heavy atom. The second-order valence-electron chi connectivity index (χ2n) is 8.11. The van der Waals surface area contributed by atoms with Crippen molar-refractivity contribution in [3.05, 3.63) is 126 Å². The molecule has 152 valence electrons. The third kappa shape index (κ3) is 3.48. The fraction of sp³-hybridized carbons (Fsp3) is 0.0690. The van der Waals surface area contributed by atoms with Gasteiger partial charge in [-0.1, -0.05) is 72.8 Å². The molecule has 0 N–H and O–H groups in total. The van der Waals surface area contributed by atoms with Crippen LogP contribution in [0.4, 0.5) is 0 Å². The molecule has 0 fully saturated rings. The largest absolute Gasteiger partial charge is 0.276 e. The molecule has 3 heterocycles. The van der Waals surface area contributed by atoms with E-state index in [2.05, 4.69) is 83.9 Å². The summed E-state index contributed by atoms with van der Waals surface area (Å²) < 4.78 is 0. The number of dihydropyridines is 1. The summed E-state index contributed by atoms with van der Waals surface area (Å²) >= 11 is 0. The molecule has 1 aliphatic carbocycles. The van der Waals surface area contributed by atoms with Gasteiger partial charge in [-0.05, 0) is 53.5 Å². The minimum absolute atomic E-state index is 0.152. The topological polar surface area (TPSA) is 38.1 Å². The smallest absolute Gasteiger partial charge is 0.0893 e. The first-order valence-corrected chi connectivity index (χ1v) is 10.9. The van der Waals surface area contributed by atoms with Crippen LogP contribution in [0.25, 0.3) is 27.9 Å². The zero-order chi connectivity index (χ0) is 21.3. The highest BCUT2D eigenvalue weighted by Crippen LogP contribution is 2.32. The lowest BCUT2D eigenvalue weighted by atomic mass is 9.87. The first-order chi connectivity index (χ1) is 15.8. The van der Waals surface area contributed by atoms with E-state index >= 15 is 0 Å². The van der Waals surface area contributed by atoms with Crippen molar-refractivity contribution < 1.29 is 0 Å². The molecule has 4 aromatic rings. The third-order valence-electron chi connectivity index (χ3n) is 6.06. The van der Waals surface area contributed by atoms with E-state index in [1.807, 2.05) is 24.3 Å². The number of aliphatic imine (C=N–C) groups is 1. The maximum atomic E-state index is 5.12. The van der Waals surface area contributed by atoms with Crippen LogP contribution in [0.15, 0.2) is 120 Å². The van der Waals surface area contributed by atoms with Crippen LogP contribution in [0, 0.1) is 0 Å². The highest BCUT2D eigenvalue weighted by atomic mass is 14.8. The Hall–Kier alpha value is -4.11. The summed E-state index contributed by atoms with van der Waals surface area (Å²) in [5.74, 6) is 0. The lowest BCUT2D eigenvalue weighted by Crippen LogP contribution is -2.18. The van der Waals surface area contributed by atoms with Crippen molar-refractivity contribution in [3.63, 3.8) is 0 Å². The van der Waals surface area contributed by atoms with Gasteiger partial charge in [0.1, 0.15) is 0 Å². The van der Waals surface area contributed by atoms with Crippen LogP contribution in [0.1, 0.15) is 17.5 Å². The van der Waals surface area contributed by atoms with E-state index in [1.54, 1.807) is 6.20 Å². The number of aromatic nitrogens is 2. The zero-order valence-electron chi connectivity index (χ0n) is 17.5. The summed E-state index contributed by atoms with van der Waals surface area (Å²) in [5, 5.41) is 1.11. The van der Waals surface area contributed by atoms with E-state index in [-0.39, 0.29) is 6.04 Å². The summed E-state index contributed by atoms with van der Waals surface area (Å²) in [6.07, 6.45) is 11.5. The predicted octanol–water partition coefficient (Wildman–Crippen LogP) is 6.44. The Labute approximate surface area is 187 Å². The molecule has 2 aromatic carbocycles. The van der Waals surface area contributed by atoms with Crippen molar-refractivity contribution >= 4 is 22.2 Å². The number of benzene rings is 2. The van der Waals surface area contributed by atoms with E-state index < -0.39 is 0 Å². The van der Waals surface area contributed by atoms with Gasteiger partial charge in [0.2, 0.25) is 0 Å². The maximum absolute atomic E-state index is 5.12. The summed E-state index contributed by atoms with van der Waals surface area (Å²) in [6.45, 7) is 0. The Balaban J connectivity index is 1.33. The number of hydrogen-bond donors (Lipinski definition) is 0. The van der Waals surface area contributed by atoms with Gasteiger partial charge in [-0.25, -0.2) is 4.98 Å².